The van der Waals surface area contributed by atoms with Crippen LogP contribution in [0.15, 0.2) is 53.4 Å². The van der Waals surface area contributed by atoms with Gasteiger partial charge in [-0.05, 0) is 35.9 Å². The summed E-state index contributed by atoms with van der Waals surface area (Å²) in [7, 11) is -0.957. The topological polar surface area (TPSA) is 81.7 Å². The molecule has 0 atom stereocenters. The van der Waals surface area contributed by atoms with E-state index in [0.29, 0.717) is 5.75 Å². The van der Waals surface area contributed by atoms with Gasteiger partial charge >= 0.3 is 5.97 Å². The summed E-state index contributed by atoms with van der Waals surface area (Å²) in [6.07, 6.45) is 0. The summed E-state index contributed by atoms with van der Waals surface area (Å²) in [6, 6.07) is 12.8. The van der Waals surface area contributed by atoms with Crippen LogP contribution in [-0.4, -0.2) is 28.6 Å². The molecule has 0 saturated carbocycles. The molecule has 0 unspecified atom stereocenters. The minimum atomic E-state index is -3.74. The smallest absolute Gasteiger partial charge is 0.337 e. The summed E-state index contributed by atoms with van der Waals surface area (Å²) in [5.74, 6) is 0.0595. The largest absolute Gasteiger partial charge is 0.497 e. The van der Waals surface area contributed by atoms with Crippen LogP contribution in [0, 0.1) is 0 Å². The highest BCUT2D eigenvalue weighted by atomic mass is 32.2. The molecule has 0 fully saturated rings. The van der Waals surface area contributed by atoms with Crippen LogP contribution in [0.25, 0.3) is 0 Å². The van der Waals surface area contributed by atoms with E-state index in [1.54, 1.807) is 31.4 Å². The second-order valence-electron chi connectivity index (χ2n) is 4.70. The standard InChI is InChI=1S/C16H17NO5S/c1-21-14-7-3-5-12(9-14)11-17-23(19,20)15-8-4-6-13(10-15)16(18)22-2/h3-10,17H,11H2,1-2H3. The zero-order chi connectivity index (χ0) is 16.9. The van der Waals surface area contributed by atoms with E-state index in [4.69, 9.17) is 4.74 Å². The number of hydrogen-bond donors (Lipinski definition) is 1. The maximum atomic E-state index is 12.3. The molecule has 0 spiro atoms. The van der Waals surface area contributed by atoms with Gasteiger partial charge in [-0.15, -0.1) is 0 Å². The maximum Gasteiger partial charge on any atom is 0.337 e. The zero-order valence-corrected chi connectivity index (χ0v) is 13.6. The molecular weight excluding hydrogens is 318 g/mol. The van der Waals surface area contributed by atoms with Crippen molar-refractivity contribution in [1.82, 2.24) is 4.72 Å². The Balaban J connectivity index is 2.17. The minimum absolute atomic E-state index is 0.00305. The van der Waals surface area contributed by atoms with Crippen LogP contribution >= 0.6 is 0 Å². The quantitative estimate of drug-likeness (QED) is 0.816. The van der Waals surface area contributed by atoms with Crippen LogP contribution in [0.4, 0.5) is 0 Å². The van der Waals surface area contributed by atoms with E-state index < -0.39 is 16.0 Å². The lowest BCUT2D eigenvalue weighted by Gasteiger charge is -2.09. The minimum Gasteiger partial charge on any atom is -0.497 e. The molecule has 0 radical (unpaired) electrons. The normalized spacial score (nSPS) is 11.0. The summed E-state index contributed by atoms with van der Waals surface area (Å²) < 4.78 is 36.8. The molecule has 2 rings (SSSR count). The van der Waals surface area contributed by atoms with Crippen molar-refractivity contribution >= 4 is 16.0 Å². The molecule has 0 aromatic heterocycles. The first-order valence-corrected chi connectivity index (χ1v) is 8.25. The Kier molecular flexibility index (Phi) is 5.36. The monoisotopic (exact) mass is 335 g/mol. The fourth-order valence-electron chi connectivity index (χ4n) is 1.95. The summed E-state index contributed by atoms with van der Waals surface area (Å²) in [5, 5.41) is 0. The average Bonchev–Trinajstić information content (AvgIpc) is 2.59. The summed E-state index contributed by atoms with van der Waals surface area (Å²) in [6.45, 7) is 0.113. The number of rotatable bonds is 6. The third-order valence-electron chi connectivity index (χ3n) is 3.17. The molecule has 6 nitrogen and oxygen atoms in total. The number of esters is 1. The number of benzene rings is 2. The first kappa shape index (κ1) is 17.0. The summed E-state index contributed by atoms with van der Waals surface area (Å²) >= 11 is 0. The third-order valence-corrected chi connectivity index (χ3v) is 4.56. The number of sulfonamides is 1. The number of nitrogens with one attached hydrogen (secondary N) is 1. The second kappa shape index (κ2) is 7.26. The SMILES string of the molecule is COC(=O)c1cccc(S(=O)(=O)NCc2cccc(OC)c2)c1. The highest BCUT2D eigenvalue weighted by Crippen LogP contribution is 2.15. The molecule has 1 N–H and O–H groups in total. The summed E-state index contributed by atoms with van der Waals surface area (Å²) in [5.41, 5.74) is 0.939. The third kappa shape index (κ3) is 4.30. The number of carbonyl (C=O) groups is 1. The molecule has 0 bridgehead atoms. The highest BCUT2D eigenvalue weighted by molar-refractivity contribution is 7.89. The fourth-order valence-corrected chi connectivity index (χ4v) is 3.02. The Morgan fingerprint density at radius 1 is 1.09 bits per heavy atom. The molecule has 0 aliphatic rings. The first-order valence-electron chi connectivity index (χ1n) is 6.77. The van der Waals surface area contributed by atoms with Crippen molar-refractivity contribution in [3.8, 4) is 5.75 Å². The number of hydrogen-bond acceptors (Lipinski definition) is 5. The fraction of sp³-hybridized carbons (Fsp3) is 0.188. The summed E-state index contributed by atoms with van der Waals surface area (Å²) in [4.78, 5) is 11.5. The lowest BCUT2D eigenvalue weighted by Crippen LogP contribution is -2.23. The van der Waals surface area contributed by atoms with E-state index in [2.05, 4.69) is 9.46 Å². The van der Waals surface area contributed by atoms with Gasteiger partial charge in [-0.25, -0.2) is 17.9 Å². The maximum absolute atomic E-state index is 12.3. The van der Waals surface area contributed by atoms with Crippen molar-refractivity contribution in [3.63, 3.8) is 0 Å². The van der Waals surface area contributed by atoms with E-state index in [9.17, 15) is 13.2 Å². The van der Waals surface area contributed by atoms with Gasteiger partial charge in [0.1, 0.15) is 5.75 Å². The predicted molar refractivity (Wildman–Crippen MR) is 84.8 cm³/mol. The van der Waals surface area contributed by atoms with E-state index >= 15 is 0 Å². The van der Waals surface area contributed by atoms with Crippen molar-refractivity contribution in [1.29, 1.82) is 0 Å². The van der Waals surface area contributed by atoms with Gasteiger partial charge in [0.2, 0.25) is 10.0 Å². The molecule has 0 saturated heterocycles. The van der Waals surface area contributed by atoms with Gasteiger partial charge in [0, 0.05) is 6.54 Å². The second-order valence-corrected chi connectivity index (χ2v) is 6.46. The number of carbonyl (C=O) groups excluding carboxylic acids is 1. The van der Waals surface area contributed by atoms with Crippen LogP contribution in [-0.2, 0) is 21.3 Å². The van der Waals surface area contributed by atoms with Crippen LogP contribution in [0.3, 0.4) is 0 Å². The average molecular weight is 335 g/mol. The van der Waals surface area contributed by atoms with Gasteiger partial charge < -0.3 is 9.47 Å². The number of methoxy groups -OCH3 is 2. The van der Waals surface area contributed by atoms with Crippen molar-refractivity contribution in [2.24, 2.45) is 0 Å². The van der Waals surface area contributed by atoms with Gasteiger partial charge in [0.15, 0.2) is 0 Å². The van der Waals surface area contributed by atoms with Crippen LogP contribution in [0.5, 0.6) is 5.75 Å². The molecule has 2 aromatic carbocycles. The molecule has 122 valence electrons. The molecule has 0 aliphatic carbocycles. The van der Waals surface area contributed by atoms with Crippen LogP contribution in [0.1, 0.15) is 15.9 Å². The molecule has 0 heterocycles. The van der Waals surface area contributed by atoms with Gasteiger partial charge in [-0.1, -0.05) is 18.2 Å². The van der Waals surface area contributed by atoms with Gasteiger partial charge in [-0.3, -0.25) is 0 Å². The molecule has 2 aromatic rings. The van der Waals surface area contributed by atoms with Crippen molar-refractivity contribution in [3.05, 3.63) is 59.7 Å². The molecule has 23 heavy (non-hydrogen) atoms. The van der Waals surface area contributed by atoms with E-state index in [1.807, 2.05) is 0 Å². The van der Waals surface area contributed by atoms with Crippen LogP contribution < -0.4 is 9.46 Å². The molecule has 0 aliphatic heterocycles. The zero-order valence-electron chi connectivity index (χ0n) is 12.8. The predicted octanol–water partition coefficient (Wildman–Crippen LogP) is 1.96. The van der Waals surface area contributed by atoms with E-state index in [1.165, 1.54) is 31.4 Å². The van der Waals surface area contributed by atoms with Crippen molar-refractivity contribution < 1.29 is 22.7 Å². The van der Waals surface area contributed by atoms with Crippen LogP contribution in [0.2, 0.25) is 0 Å². The Morgan fingerprint density at radius 3 is 2.52 bits per heavy atom. The highest BCUT2D eigenvalue weighted by Gasteiger charge is 2.16. The van der Waals surface area contributed by atoms with Gasteiger partial charge in [-0.2, -0.15) is 0 Å². The Hall–Kier alpha value is -2.38. The van der Waals surface area contributed by atoms with E-state index in [0.717, 1.165) is 5.56 Å². The molecule has 7 heteroatoms. The van der Waals surface area contributed by atoms with Crippen molar-refractivity contribution in [2.75, 3.05) is 14.2 Å². The lowest BCUT2D eigenvalue weighted by molar-refractivity contribution is 0.0600. The number of ether oxygens (including phenoxy) is 2. The Morgan fingerprint density at radius 2 is 1.83 bits per heavy atom. The van der Waals surface area contributed by atoms with Crippen molar-refractivity contribution in [2.45, 2.75) is 11.4 Å². The van der Waals surface area contributed by atoms with E-state index in [-0.39, 0.29) is 17.0 Å². The molecular formula is C16H17NO5S. The van der Waals surface area contributed by atoms with Gasteiger partial charge in [0.25, 0.3) is 0 Å². The Labute approximate surface area is 135 Å². The Bertz CT molecular complexity index is 802. The first-order chi connectivity index (χ1) is 11.0. The molecule has 0 amide bonds. The lowest BCUT2D eigenvalue weighted by atomic mass is 10.2. The van der Waals surface area contributed by atoms with Gasteiger partial charge in [0.05, 0.1) is 24.7 Å².